The highest BCUT2D eigenvalue weighted by Crippen LogP contribution is 2.26. The monoisotopic (exact) mass is 395 g/mol. The van der Waals surface area contributed by atoms with Crippen LogP contribution in [0.25, 0.3) is 11.4 Å². The molecule has 3 N–H and O–H groups in total. The van der Waals surface area contributed by atoms with Gasteiger partial charge in [-0.25, -0.2) is 13.1 Å². The molecule has 8 nitrogen and oxygen atoms in total. The molecule has 0 bridgehead atoms. The second kappa shape index (κ2) is 7.28. The molecule has 0 unspecified atom stereocenters. The molecule has 1 aromatic heterocycles. The number of hydrogen-bond donors (Lipinski definition) is 2. The first kappa shape index (κ1) is 18.7. The van der Waals surface area contributed by atoms with Crippen molar-refractivity contribution in [3.8, 4) is 11.4 Å². The summed E-state index contributed by atoms with van der Waals surface area (Å²) in [5, 5.41) is 11.0. The van der Waals surface area contributed by atoms with Gasteiger partial charge >= 0.3 is 0 Å². The minimum absolute atomic E-state index is 0.000625. The van der Waals surface area contributed by atoms with E-state index < -0.39 is 15.1 Å². The van der Waals surface area contributed by atoms with Crippen LogP contribution in [0, 0.1) is 6.92 Å². The third kappa shape index (κ3) is 4.01. The highest BCUT2D eigenvalue weighted by Gasteiger charge is 2.30. The number of thioether (sulfide) groups is 1. The Morgan fingerprint density at radius 1 is 1.38 bits per heavy atom. The zero-order chi connectivity index (χ0) is 18.9. The van der Waals surface area contributed by atoms with Crippen LogP contribution in [0.1, 0.15) is 18.9 Å². The van der Waals surface area contributed by atoms with Crippen LogP contribution in [0.5, 0.6) is 0 Å². The van der Waals surface area contributed by atoms with Crippen LogP contribution in [0.2, 0.25) is 0 Å². The standard InChI is InChI=1S/C16H21N5O3S2/c1-10-5-3-4-6-13(10)14-19-20-16(21(14)17)25-11(2)15(22)18-12-7-8-26(23,24)9-12/h3-6,11-12H,7-9,17H2,1-2H3,(H,18,22)/t11-,12-/m0/s1. The van der Waals surface area contributed by atoms with E-state index in [-0.39, 0.29) is 23.5 Å². The number of nitrogens with zero attached hydrogens (tertiary/aromatic N) is 3. The van der Waals surface area contributed by atoms with E-state index in [9.17, 15) is 13.2 Å². The summed E-state index contributed by atoms with van der Waals surface area (Å²) in [5.74, 6) is 6.52. The van der Waals surface area contributed by atoms with Crippen molar-refractivity contribution < 1.29 is 13.2 Å². The van der Waals surface area contributed by atoms with Gasteiger partial charge in [-0.15, -0.1) is 10.2 Å². The molecule has 1 amide bonds. The number of rotatable bonds is 5. The lowest BCUT2D eigenvalue weighted by molar-refractivity contribution is -0.120. The number of carbonyl (C=O) groups is 1. The average molecular weight is 396 g/mol. The molecule has 26 heavy (non-hydrogen) atoms. The lowest BCUT2D eigenvalue weighted by Gasteiger charge is -2.15. The van der Waals surface area contributed by atoms with E-state index in [0.717, 1.165) is 11.1 Å². The minimum Gasteiger partial charge on any atom is -0.351 e. The Kier molecular flexibility index (Phi) is 5.24. The maximum absolute atomic E-state index is 12.3. The van der Waals surface area contributed by atoms with E-state index in [1.807, 2.05) is 31.2 Å². The topological polar surface area (TPSA) is 120 Å². The molecule has 3 rings (SSSR count). The molecule has 0 spiro atoms. The fraction of sp³-hybridized carbons (Fsp3) is 0.438. The Labute approximate surface area is 156 Å². The lowest BCUT2D eigenvalue weighted by atomic mass is 10.1. The number of nitrogen functional groups attached to an aromatic ring is 1. The molecular formula is C16H21N5O3S2. The van der Waals surface area contributed by atoms with Gasteiger partial charge in [-0.2, -0.15) is 0 Å². The lowest BCUT2D eigenvalue weighted by Crippen LogP contribution is -2.40. The third-order valence-electron chi connectivity index (χ3n) is 4.28. The molecule has 10 heteroatoms. The summed E-state index contributed by atoms with van der Waals surface area (Å²) in [6.45, 7) is 3.69. The molecule has 1 aromatic carbocycles. The molecule has 1 aliphatic heterocycles. The van der Waals surface area contributed by atoms with Crippen LogP contribution in [0.3, 0.4) is 0 Å². The highest BCUT2D eigenvalue weighted by molar-refractivity contribution is 8.00. The normalized spacial score (nSPS) is 20.0. The van der Waals surface area contributed by atoms with Crippen LogP contribution in [0.4, 0.5) is 0 Å². The van der Waals surface area contributed by atoms with E-state index in [1.54, 1.807) is 6.92 Å². The predicted molar refractivity (Wildman–Crippen MR) is 101 cm³/mol. The van der Waals surface area contributed by atoms with Crippen molar-refractivity contribution in [1.82, 2.24) is 20.2 Å². The number of hydrogen-bond acceptors (Lipinski definition) is 7. The molecule has 2 heterocycles. The van der Waals surface area contributed by atoms with Crippen molar-refractivity contribution in [3.05, 3.63) is 29.8 Å². The second-order valence-corrected chi connectivity index (χ2v) is 9.90. The SMILES string of the molecule is Cc1ccccc1-c1nnc(S[C@@H](C)C(=O)N[C@H]2CCS(=O)(=O)C2)n1N. The molecule has 140 valence electrons. The van der Waals surface area contributed by atoms with E-state index >= 15 is 0 Å². The second-order valence-electron chi connectivity index (χ2n) is 6.36. The Morgan fingerprint density at radius 3 is 2.77 bits per heavy atom. The van der Waals surface area contributed by atoms with Crippen LogP contribution < -0.4 is 11.2 Å². The van der Waals surface area contributed by atoms with Crippen molar-refractivity contribution in [2.24, 2.45) is 0 Å². The molecule has 1 fully saturated rings. The van der Waals surface area contributed by atoms with E-state index in [0.29, 0.717) is 17.4 Å². The zero-order valence-electron chi connectivity index (χ0n) is 14.5. The maximum Gasteiger partial charge on any atom is 0.233 e. The first-order valence-corrected chi connectivity index (χ1v) is 10.9. The summed E-state index contributed by atoms with van der Waals surface area (Å²) in [5.41, 5.74) is 1.90. The number of sulfone groups is 1. The molecule has 1 saturated heterocycles. The van der Waals surface area contributed by atoms with Crippen molar-refractivity contribution in [2.75, 3.05) is 17.3 Å². The number of amides is 1. The van der Waals surface area contributed by atoms with Crippen molar-refractivity contribution in [3.63, 3.8) is 0 Å². The van der Waals surface area contributed by atoms with E-state index in [1.165, 1.54) is 16.4 Å². The number of carbonyl (C=O) groups excluding carboxylic acids is 1. The number of nitrogens with two attached hydrogens (primary N) is 1. The van der Waals surface area contributed by atoms with Gasteiger partial charge in [0, 0.05) is 11.6 Å². The van der Waals surface area contributed by atoms with Gasteiger partial charge in [-0.1, -0.05) is 36.0 Å². The number of aryl methyl sites for hydroxylation is 1. The molecular weight excluding hydrogens is 374 g/mol. The summed E-state index contributed by atoms with van der Waals surface area (Å²) in [6, 6.07) is 7.38. The first-order chi connectivity index (χ1) is 12.3. The molecule has 0 radical (unpaired) electrons. The molecule has 0 aliphatic carbocycles. The van der Waals surface area contributed by atoms with Gasteiger partial charge in [0.05, 0.1) is 16.8 Å². The Hall–Kier alpha value is -2.07. The van der Waals surface area contributed by atoms with Gasteiger partial charge in [0.1, 0.15) is 0 Å². The summed E-state index contributed by atoms with van der Waals surface area (Å²) in [7, 11) is -3.03. The van der Waals surface area contributed by atoms with E-state index in [2.05, 4.69) is 15.5 Å². The van der Waals surface area contributed by atoms with Gasteiger partial charge in [0.2, 0.25) is 11.1 Å². The number of aromatic nitrogens is 3. The zero-order valence-corrected chi connectivity index (χ0v) is 16.2. The predicted octanol–water partition coefficient (Wildman–Crippen LogP) is 0.751. The Bertz CT molecular complexity index is 926. The minimum atomic E-state index is -3.03. The highest BCUT2D eigenvalue weighted by atomic mass is 32.2. The van der Waals surface area contributed by atoms with Gasteiger partial charge < -0.3 is 11.2 Å². The molecule has 2 atom stereocenters. The third-order valence-corrected chi connectivity index (χ3v) is 7.11. The summed E-state index contributed by atoms with van der Waals surface area (Å²) >= 11 is 1.19. The maximum atomic E-state index is 12.3. The number of nitrogens with one attached hydrogen (secondary N) is 1. The molecule has 2 aromatic rings. The summed E-state index contributed by atoms with van der Waals surface area (Å²) in [6.07, 6.45) is 0.454. The molecule has 1 aliphatic rings. The van der Waals surface area contributed by atoms with Crippen LogP contribution in [-0.2, 0) is 14.6 Å². The quantitative estimate of drug-likeness (QED) is 0.566. The van der Waals surface area contributed by atoms with Gasteiger partial charge in [0.25, 0.3) is 0 Å². The van der Waals surface area contributed by atoms with Crippen LogP contribution >= 0.6 is 11.8 Å². The first-order valence-electron chi connectivity index (χ1n) is 8.21. The summed E-state index contributed by atoms with van der Waals surface area (Å²) < 4.78 is 24.4. The Morgan fingerprint density at radius 2 is 2.12 bits per heavy atom. The largest absolute Gasteiger partial charge is 0.351 e. The van der Waals surface area contributed by atoms with Gasteiger partial charge in [-0.05, 0) is 25.8 Å². The van der Waals surface area contributed by atoms with E-state index in [4.69, 9.17) is 5.84 Å². The summed E-state index contributed by atoms with van der Waals surface area (Å²) in [4.78, 5) is 12.3. The average Bonchev–Trinajstić information content (AvgIpc) is 3.10. The fourth-order valence-electron chi connectivity index (χ4n) is 2.80. The van der Waals surface area contributed by atoms with Crippen LogP contribution in [-0.4, -0.2) is 52.0 Å². The van der Waals surface area contributed by atoms with Gasteiger partial charge in [0.15, 0.2) is 15.7 Å². The van der Waals surface area contributed by atoms with Crippen LogP contribution in [0.15, 0.2) is 29.4 Å². The smallest absolute Gasteiger partial charge is 0.233 e. The fourth-order valence-corrected chi connectivity index (χ4v) is 5.26. The van der Waals surface area contributed by atoms with Gasteiger partial charge in [-0.3, -0.25) is 4.79 Å². The van der Waals surface area contributed by atoms with Crippen molar-refractivity contribution in [2.45, 2.75) is 36.7 Å². The van der Waals surface area contributed by atoms with Crippen molar-refractivity contribution in [1.29, 1.82) is 0 Å². The van der Waals surface area contributed by atoms with Crippen molar-refractivity contribution >= 4 is 27.5 Å². The Balaban J connectivity index is 1.67. The molecule has 0 saturated carbocycles. The number of benzene rings is 1.